The molecule has 0 amide bonds. The van der Waals surface area contributed by atoms with E-state index in [-0.39, 0.29) is 23.2 Å². The fourth-order valence-electron chi connectivity index (χ4n) is 4.23. The number of nitrogens with zero attached hydrogens (tertiary/aromatic N) is 7. The number of hydrogen-bond donors (Lipinski definition) is 1. The third-order valence-electron chi connectivity index (χ3n) is 6.12. The van der Waals surface area contributed by atoms with E-state index in [4.69, 9.17) is 9.72 Å². The van der Waals surface area contributed by atoms with Gasteiger partial charge in [-0.05, 0) is 32.1 Å². The second-order valence-corrected chi connectivity index (χ2v) is 7.98. The largest absolute Gasteiger partial charge is 0.381 e. The van der Waals surface area contributed by atoms with Crippen LogP contribution in [0.2, 0.25) is 0 Å². The van der Waals surface area contributed by atoms with Gasteiger partial charge in [0.25, 0.3) is 5.56 Å². The van der Waals surface area contributed by atoms with Crippen molar-refractivity contribution in [3.8, 4) is 6.07 Å². The first kappa shape index (κ1) is 21.8. The van der Waals surface area contributed by atoms with Crippen LogP contribution in [0.25, 0.3) is 11.0 Å². The van der Waals surface area contributed by atoms with Crippen LogP contribution in [0.5, 0.6) is 0 Å². The molecule has 1 aliphatic heterocycles. The van der Waals surface area contributed by atoms with Gasteiger partial charge in [-0.1, -0.05) is 6.92 Å². The molecule has 1 fully saturated rings. The van der Waals surface area contributed by atoms with Gasteiger partial charge < -0.3 is 9.64 Å². The Balaban J connectivity index is 1.78. The smallest absolute Gasteiger partial charge is 0.264 e. The highest BCUT2D eigenvalue weighted by Gasteiger charge is 2.28. The summed E-state index contributed by atoms with van der Waals surface area (Å²) >= 11 is 0. The minimum absolute atomic E-state index is 0.0516. The Morgan fingerprint density at radius 2 is 2.06 bits per heavy atom. The van der Waals surface area contributed by atoms with E-state index < -0.39 is 11.4 Å². The van der Waals surface area contributed by atoms with Crippen molar-refractivity contribution >= 4 is 17.0 Å². The molecule has 2 unspecified atom stereocenters. The predicted octanol–water partition coefficient (Wildman–Crippen LogP) is 2.50. The SMILES string of the molecule is CCC(c1ncc(F)cn1)N(C)c1nc2c(c(C#N)nn2C(C)C2CCOCC2)c(=O)[nH]1. The van der Waals surface area contributed by atoms with Gasteiger partial charge in [0.05, 0.1) is 24.5 Å². The zero-order valence-electron chi connectivity index (χ0n) is 18.2. The topological polar surface area (TPSA) is 126 Å². The van der Waals surface area contributed by atoms with E-state index >= 15 is 0 Å². The first-order chi connectivity index (χ1) is 15.4. The Morgan fingerprint density at radius 1 is 1.38 bits per heavy atom. The van der Waals surface area contributed by atoms with Crippen molar-refractivity contribution in [2.24, 2.45) is 5.92 Å². The van der Waals surface area contributed by atoms with Gasteiger partial charge in [-0.25, -0.2) is 19.0 Å². The number of rotatable bonds is 6. The molecule has 0 aromatic carbocycles. The summed E-state index contributed by atoms with van der Waals surface area (Å²) in [7, 11) is 1.76. The zero-order valence-corrected chi connectivity index (χ0v) is 18.2. The minimum atomic E-state index is -0.519. The van der Waals surface area contributed by atoms with Crippen molar-refractivity contribution in [3.05, 3.63) is 40.1 Å². The van der Waals surface area contributed by atoms with E-state index in [0.29, 0.717) is 43.0 Å². The maximum atomic E-state index is 13.3. The van der Waals surface area contributed by atoms with Crippen molar-refractivity contribution in [2.45, 2.75) is 45.2 Å². The molecule has 1 N–H and O–H groups in total. The molecule has 32 heavy (non-hydrogen) atoms. The lowest BCUT2D eigenvalue weighted by Crippen LogP contribution is -2.29. The highest BCUT2D eigenvalue weighted by molar-refractivity contribution is 5.81. The Morgan fingerprint density at radius 3 is 2.69 bits per heavy atom. The number of hydrogen-bond acceptors (Lipinski definition) is 8. The van der Waals surface area contributed by atoms with Crippen LogP contribution in [0.15, 0.2) is 17.2 Å². The summed E-state index contributed by atoms with van der Waals surface area (Å²) in [6.07, 6.45) is 4.58. The summed E-state index contributed by atoms with van der Waals surface area (Å²) in [5, 5.41) is 14.2. The predicted molar refractivity (Wildman–Crippen MR) is 115 cm³/mol. The summed E-state index contributed by atoms with van der Waals surface area (Å²) in [6, 6.07) is 1.62. The van der Waals surface area contributed by atoms with Crippen molar-refractivity contribution in [1.29, 1.82) is 5.26 Å². The standard InChI is InChI=1S/C21H25FN8O2/c1-4-16(18-24-10-14(22)11-25-18)29(3)21-26-19-17(20(31)27-21)15(9-23)28-30(19)12(2)13-5-7-32-8-6-13/h10-13,16H,4-8H2,1-3H3,(H,26,27,31). The molecule has 1 saturated heterocycles. The number of ether oxygens (including phenoxy) is 1. The van der Waals surface area contributed by atoms with Crippen molar-refractivity contribution < 1.29 is 9.13 Å². The molecule has 11 heteroatoms. The highest BCUT2D eigenvalue weighted by Crippen LogP contribution is 2.30. The lowest BCUT2D eigenvalue weighted by molar-refractivity contribution is 0.0501. The molecule has 4 heterocycles. The van der Waals surface area contributed by atoms with Crippen LogP contribution in [0.4, 0.5) is 10.3 Å². The van der Waals surface area contributed by atoms with Crippen LogP contribution >= 0.6 is 0 Å². The Kier molecular flexibility index (Phi) is 6.14. The summed E-state index contributed by atoms with van der Waals surface area (Å²) in [4.78, 5) is 30.3. The van der Waals surface area contributed by atoms with E-state index in [1.165, 1.54) is 0 Å². The van der Waals surface area contributed by atoms with Gasteiger partial charge in [-0.2, -0.15) is 15.3 Å². The summed E-state index contributed by atoms with van der Waals surface area (Å²) in [5.41, 5.74) is -0.0227. The average molecular weight is 440 g/mol. The molecule has 0 saturated carbocycles. The maximum absolute atomic E-state index is 13.3. The number of halogens is 1. The zero-order chi connectivity index (χ0) is 22.8. The lowest BCUT2D eigenvalue weighted by Gasteiger charge is -2.28. The van der Waals surface area contributed by atoms with Crippen molar-refractivity contribution in [3.63, 3.8) is 0 Å². The summed E-state index contributed by atoms with van der Waals surface area (Å²) in [6.45, 7) is 5.32. The fraction of sp³-hybridized carbons (Fsp3) is 0.524. The monoisotopic (exact) mass is 440 g/mol. The molecule has 0 bridgehead atoms. The van der Waals surface area contributed by atoms with Gasteiger partial charge in [0.15, 0.2) is 23.0 Å². The summed E-state index contributed by atoms with van der Waals surface area (Å²) in [5.74, 6) is 0.499. The normalized spacial score (nSPS) is 16.6. The lowest BCUT2D eigenvalue weighted by atomic mass is 9.93. The van der Waals surface area contributed by atoms with Gasteiger partial charge in [-0.3, -0.25) is 9.78 Å². The number of aromatic nitrogens is 6. The Bertz CT molecular complexity index is 1190. The molecule has 0 spiro atoms. The molecule has 4 rings (SSSR count). The molecule has 2 atom stereocenters. The number of anilines is 1. The van der Waals surface area contributed by atoms with Crippen molar-refractivity contribution in [1.82, 2.24) is 29.7 Å². The number of nitriles is 1. The average Bonchev–Trinajstić information content (AvgIpc) is 3.20. The van der Waals surface area contributed by atoms with E-state index in [2.05, 4.69) is 20.1 Å². The third kappa shape index (κ3) is 3.93. The van der Waals surface area contributed by atoms with E-state index in [1.807, 2.05) is 19.9 Å². The minimum Gasteiger partial charge on any atom is -0.381 e. The van der Waals surface area contributed by atoms with E-state index in [9.17, 15) is 14.4 Å². The molecular weight excluding hydrogens is 415 g/mol. The quantitative estimate of drug-likeness (QED) is 0.620. The Labute approximate surface area is 184 Å². The van der Waals surface area contributed by atoms with Crippen LogP contribution in [-0.4, -0.2) is 50.0 Å². The molecule has 3 aromatic rings. The van der Waals surface area contributed by atoms with Crippen LogP contribution in [0.1, 0.15) is 56.7 Å². The third-order valence-corrected chi connectivity index (χ3v) is 6.12. The van der Waals surface area contributed by atoms with E-state index in [0.717, 1.165) is 25.2 Å². The second-order valence-electron chi connectivity index (χ2n) is 7.98. The molecule has 10 nitrogen and oxygen atoms in total. The number of H-pyrrole nitrogens is 1. The molecule has 0 radical (unpaired) electrons. The van der Waals surface area contributed by atoms with Crippen molar-refractivity contribution in [2.75, 3.05) is 25.2 Å². The van der Waals surface area contributed by atoms with Gasteiger partial charge >= 0.3 is 0 Å². The Hall–Kier alpha value is -3.39. The first-order valence-corrected chi connectivity index (χ1v) is 10.6. The molecule has 168 valence electrons. The molecule has 3 aromatic heterocycles. The van der Waals surface area contributed by atoms with Crippen LogP contribution in [0.3, 0.4) is 0 Å². The van der Waals surface area contributed by atoms with Gasteiger partial charge in [0, 0.05) is 20.3 Å². The van der Waals surface area contributed by atoms with Gasteiger partial charge in [-0.15, -0.1) is 0 Å². The van der Waals surface area contributed by atoms with Gasteiger partial charge in [0.1, 0.15) is 11.5 Å². The molecule has 1 aliphatic rings. The number of fused-ring (bicyclic) bond motifs is 1. The summed E-state index contributed by atoms with van der Waals surface area (Å²) < 4.78 is 20.4. The fourth-order valence-corrected chi connectivity index (χ4v) is 4.23. The van der Waals surface area contributed by atoms with E-state index in [1.54, 1.807) is 16.6 Å². The van der Waals surface area contributed by atoms with Gasteiger partial charge in [0.2, 0.25) is 5.95 Å². The number of nitrogens with one attached hydrogen (secondary N) is 1. The number of aromatic amines is 1. The van der Waals surface area contributed by atoms with Crippen LogP contribution in [-0.2, 0) is 4.74 Å². The van der Waals surface area contributed by atoms with Crippen LogP contribution < -0.4 is 10.5 Å². The molecular formula is C21H25FN8O2. The van der Waals surface area contributed by atoms with Crippen LogP contribution in [0, 0.1) is 23.1 Å². The first-order valence-electron chi connectivity index (χ1n) is 10.6. The molecule has 0 aliphatic carbocycles. The second kappa shape index (κ2) is 9.00. The maximum Gasteiger partial charge on any atom is 0.264 e. The highest BCUT2D eigenvalue weighted by atomic mass is 19.1.